The molecule has 13 heteroatoms. The van der Waals surface area contributed by atoms with Crippen molar-refractivity contribution in [1.82, 2.24) is 28.9 Å². The van der Waals surface area contributed by atoms with Crippen LogP contribution in [0.3, 0.4) is 0 Å². The molecule has 2 aliphatic carbocycles. The van der Waals surface area contributed by atoms with Crippen LogP contribution in [0.5, 0.6) is 0 Å². The first kappa shape index (κ1) is 36.2. The van der Waals surface area contributed by atoms with Gasteiger partial charge in [-0.05, 0) is 75.5 Å². The molecule has 3 N–H and O–H groups in total. The maximum Gasteiger partial charge on any atom is 0.291 e. The minimum absolute atomic E-state index is 0.289. The molecular formula is C40H48Cl2N8O3. The minimum Gasteiger partial charge on any atom is -0.392 e. The number of carbonyl (C=O) groups excluding carboxylic acids is 2. The molecule has 2 bridgehead atoms. The maximum atomic E-state index is 13.7. The smallest absolute Gasteiger partial charge is 0.291 e. The van der Waals surface area contributed by atoms with E-state index in [1.807, 2.05) is 41.4 Å². The molecule has 53 heavy (non-hydrogen) atoms. The Balaban J connectivity index is 0.953. The number of imidazole rings is 2. The normalized spacial score (nSPS) is 21.7. The number of nitrogens with one attached hydrogen (secondary N) is 2. The number of anilines is 2. The fourth-order valence-electron chi connectivity index (χ4n) is 9.38. The van der Waals surface area contributed by atoms with Crippen molar-refractivity contribution in [3.63, 3.8) is 0 Å². The SMILES string of the molecule is C[C@H](O)CN1CCc2c(nc(C(=O)Nc3cccc(-c4cccc(NC(=O)c5nc6c(n5C)CCN(CCC57CCC(CC5)C7)C6)c4Cl)c3Cl)n2C)C1. The van der Waals surface area contributed by atoms with E-state index >= 15 is 0 Å². The first-order chi connectivity index (χ1) is 25.5. The van der Waals surface area contributed by atoms with E-state index in [9.17, 15) is 14.7 Å². The molecule has 2 aromatic heterocycles. The number of amides is 2. The molecule has 2 aromatic carbocycles. The van der Waals surface area contributed by atoms with Gasteiger partial charge in [-0.1, -0.05) is 47.5 Å². The number of halogens is 2. The summed E-state index contributed by atoms with van der Waals surface area (Å²) < 4.78 is 3.75. The zero-order valence-electron chi connectivity index (χ0n) is 30.7. The lowest BCUT2D eigenvalue weighted by Crippen LogP contribution is -2.36. The number of hydrogen-bond donors (Lipinski definition) is 3. The molecule has 0 saturated heterocycles. The topological polar surface area (TPSA) is 121 Å². The van der Waals surface area contributed by atoms with E-state index in [4.69, 9.17) is 28.2 Å². The van der Waals surface area contributed by atoms with Gasteiger partial charge >= 0.3 is 0 Å². The van der Waals surface area contributed by atoms with Crippen LogP contribution in [0.15, 0.2) is 36.4 Å². The number of benzene rings is 2. The van der Waals surface area contributed by atoms with E-state index in [-0.39, 0.29) is 17.6 Å². The monoisotopic (exact) mass is 758 g/mol. The van der Waals surface area contributed by atoms with Crippen LogP contribution in [0.25, 0.3) is 11.1 Å². The van der Waals surface area contributed by atoms with Crippen molar-refractivity contribution in [2.24, 2.45) is 25.4 Å². The number of hydrogen-bond acceptors (Lipinski definition) is 7. The number of fused-ring (bicyclic) bond motifs is 4. The van der Waals surface area contributed by atoms with Crippen LogP contribution in [-0.2, 0) is 40.0 Å². The van der Waals surface area contributed by atoms with Gasteiger partial charge in [0.25, 0.3) is 11.8 Å². The van der Waals surface area contributed by atoms with Crippen molar-refractivity contribution < 1.29 is 14.7 Å². The summed E-state index contributed by atoms with van der Waals surface area (Å²) in [5.74, 6) is 0.908. The molecule has 11 nitrogen and oxygen atoms in total. The molecule has 280 valence electrons. The van der Waals surface area contributed by atoms with Crippen molar-refractivity contribution in [3.8, 4) is 11.1 Å². The molecule has 2 amide bonds. The lowest BCUT2D eigenvalue weighted by Gasteiger charge is -2.32. The zero-order valence-corrected chi connectivity index (χ0v) is 32.2. The van der Waals surface area contributed by atoms with Gasteiger partial charge in [0.2, 0.25) is 0 Å². The molecule has 4 aromatic rings. The van der Waals surface area contributed by atoms with Gasteiger partial charge in [0.05, 0.1) is 38.9 Å². The van der Waals surface area contributed by atoms with E-state index < -0.39 is 6.10 Å². The standard InChI is InChI=1S/C40H48Cl2N8O3/c1-24(51)21-50-18-13-33-31(23-50)44-37(48(33)3)39(53)46-29-9-5-7-27(35(29)42)26-6-4-8-28(34(26)41)45-38(52)36-43-30-22-49(17-12-32(30)47(36)2)19-16-40-14-10-25(20-40)11-15-40/h4-9,24-25,51H,10-23H2,1-3H3,(H,45,52)(H,46,53)/t24-,25?,40?/m0/s1. The third-order valence-electron chi connectivity index (χ3n) is 12.2. The summed E-state index contributed by atoms with van der Waals surface area (Å²) in [6.07, 6.45) is 9.46. The van der Waals surface area contributed by atoms with Crippen molar-refractivity contribution >= 4 is 46.4 Å². The highest BCUT2D eigenvalue weighted by Crippen LogP contribution is 2.56. The number of rotatable bonds is 10. The number of β-amino-alcohol motifs (C(OH)–C–C–N with tert-alkyl or cyclic N) is 1. The lowest BCUT2D eigenvalue weighted by molar-refractivity contribution is 0.100. The molecule has 0 unspecified atom stereocenters. The summed E-state index contributed by atoms with van der Waals surface area (Å²) in [6, 6.07) is 10.8. The van der Waals surface area contributed by atoms with Crippen molar-refractivity contribution in [1.29, 1.82) is 0 Å². The van der Waals surface area contributed by atoms with Crippen LogP contribution in [0.4, 0.5) is 11.4 Å². The van der Waals surface area contributed by atoms with Gasteiger partial charge in [-0.15, -0.1) is 0 Å². The molecular weight excluding hydrogens is 711 g/mol. The van der Waals surface area contributed by atoms with Crippen molar-refractivity contribution in [2.45, 2.75) is 77.5 Å². The molecule has 8 rings (SSSR count). The number of aliphatic hydroxyl groups excluding tert-OH is 1. The van der Waals surface area contributed by atoms with Crippen molar-refractivity contribution in [2.75, 3.05) is 36.8 Å². The van der Waals surface area contributed by atoms with Gasteiger partial charge in [0.15, 0.2) is 11.6 Å². The molecule has 2 saturated carbocycles. The largest absolute Gasteiger partial charge is 0.392 e. The van der Waals surface area contributed by atoms with Gasteiger partial charge < -0.3 is 24.9 Å². The van der Waals surface area contributed by atoms with E-state index in [0.717, 1.165) is 67.7 Å². The third-order valence-corrected chi connectivity index (χ3v) is 13.0. The number of aromatic nitrogens is 4. The average Bonchev–Trinajstić information content (AvgIpc) is 3.91. The highest BCUT2D eigenvalue weighted by atomic mass is 35.5. The Morgan fingerprint density at radius 1 is 0.849 bits per heavy atom. The number of nitrogens with zero attached hydrogens (tertiary/aromatic N) is 6. The fraction of sp³-hybridized carbons (Fsp3) is 0.500. The Hall–Kier alpha value is -3.74. The molecule has 4 aliphatic rings. The first-order valence-electron chi connectivity index (χ1n) is 18.9. The van der Waals surface area contributed by atoms with E-state index in [1.54, 1.807) is 25.1 Å². The van der Waals surface area contributed by atoms with Crippen molar-refractivity contribution in [3.05, 3.63) is 80.9 Å². The predicted octanol–water partition coefficient (Wildman–Crippen LogP) is 6.70. The lowest BCUT2D eigenvalue weighted by atomic mass is 9.81. The van der Waals surface area contributed by atoms with Gasteiger partial charge in [0, 0.05) is 82.2 Å². The second-order valence-electron chi connectivity index (χ2n) is 15.8. The highest BCUT2D eigenvalue weighted by molar-refractivity contribution is 6.40. The molecule has 1 atom stereocenters. The first-order valence-corrected chi connectivity index (χ1v) is 19.7. The maximum absolute atomic E-state index is 13.7. The van der Waals surface area contributed by atoms with Gasteiger partial charge in [-0.2, -0.15) is 0 Å². The van der Waals surface area contributed by atoms with Crippen LogP contribution < -0.4 is 10.6 Å². The van der Waals surface area contributed by atoms with Crippen LogP contribution in [0, 0.1) is 11.3 Å². The van der Waals surface area contributed by atoms with E-state index in [0.29, 0.717) is 56.9 Å². The summed E-state index contributed by atoms with van der Waals surface area (Å²) in [4.78, 5) is 41.4. The highest BCUT2D eigenvalue weighted by Gasteiger charge is 2.44. The second-order valence-corrected chi connectivity index (χ2v) is 16.5. The third kappa shape index (κ3) is 7.02. The summed E-state index contributed by atoms with van der Waals surface area (Å²) in [5.41, 5.74) is 6.58. The molecule has 0 radical (unpaired) electrons. The second kappa shape index (κ2) is 14.5. The Labute approximate surface area is 320 Å². The Morgan fingerprint density at radius 3 is 1.85 bits per heavy atom. The number of carbonyl (C=O) groups is 2. The van der Waals surface area contributed by atoms with Crippen LogP contribution in [0.2, 0.25) is 10.0 Å². The Kier molecular flexibility index (Phi) is 9.91. The van der Waals surface area contributed by atoms with Crippen LogP contribution in [-0.4, -0.2) is 78.1 Å². The average molecular weight is 760 g/mol. The Bertz CT molecular complexity index is 2060. The Morgan fingerprint density at radius 2 is 1.36 bits per heavy atom. The summed E-state index contributed by atoms with van der Waals surface area (Å²) in [7, 11) is 3.76. The fourth-order valence-corrected chi connectivity index (χ4v) is 9.93. The quantitative estimate of drug-likeness (QED) is 0.165. The zero-order chi connectivity index (χ0) is 37.0. The molecule has 2 aliphatic heterocycles. The summed E-state index contributed by atoms with van der Waals surface area (Å²) in [6.45, 7) is 6.52. The summed E-state index contributed by atoms with van der Waals surface area (Å²) in [5, 5.41) is 16.4. The van der Waals surface area contributed by atoms with Gasteiger partial charge in [-0.25, -0.2) is 9.97 Å². The van der Waals surface area contributed by atoms with Crippen LogP contribution >= 0.6 is 23.2 Å². The molecule has 4 heterocycles. The number of aliphatic hydroxyl groups is 1. The van der Waals surface area contributed by atoms with Gasteiger partial charge in [-0.3, -0.25) is 19.4 Å². The summed E-state index contributed by atoms with van der Waals surface area (Å²) >= 11 is 13.9. The molecule has 0 spiro atoms. The predicted molar refractivity (Wildman–Crippen MR) is 207 cm³/mol. The molecule has 2 fully saturated rings. The minimum atomic E-state index is -0.439. The van der Waals surface area contributed by atoms with E-state index in [1.165, 1.54) is 38.5 Å². The van der Waals surface area contributed by atoms with Crippen LogP contribution in [0.1, 0.15) is 89.5 Å². The van der Waals surface area contributed by atoms with E-state index in [2.05, 4.69) is 25.4 Å². The van der Waals surface area contributed by atoms with Gasteiger partial charge in [0.1, 0.15) is 0 Å².